The summed E-state index contributed by atoms with van der Waals surface area (Å²) in [6.45, 7) is 2.39. The quantitative estimate of drug-likeness (QED) is 0.803. The highest BCUT2D eigenvalue weighted by atomic mass is 16.3. The van der Waals surface area contributed by atoms with E-state index in [1.165, 1.54) is 6.39 Å². The fourth-order valence-corrected chi connectivity index (χ4v) is 1.51. The molecule has 0 saturated carbocycles. The molecular formula is C10H12N2O2. The Bertz CT molecular complexity index is 392. The van der Waals surface area contributed by atoms with E-state index in [0.29, 0.717) is 6.54 Å². The monoisotopic (exact) mass is 192 g/mol. The summed E-state index contributed by atoms with van der Waals surface area (Å²) >= 11 is 0. The predicted molar refractivity (Wildman–Crippen MR) is 50.8 cm³/mol. The van der Waals surface area contributed by atoms with Crippen LogP contribution in [-0.2, 0) is 0 Å². The van der Waals surface area contributed by atoms with E-state index < -0.39 is 0 Å². The molecule has 2 N–H and O–H groups in total. The van der Waals surface area contributed by atoms with Gasteiger partial charge in [-0.05, 0) is 13.0 Å². The first-order valence-electron chi connectivity index (χ1n) is 4.45. The van der Waals surface area contributed by atoms with Crippen LogP contribution in [0.25, 0.3) is 0 Å². The number of nitrogens with two attached hydrogens (primary N) is 1. The highest BCUT2D eigenvalue weighted by molar-refractivity contribution is 5.26. The van der Waals surface area contributed by atoms with Gasteiger partial charge in [0.25, 0.3) is 0 Å². The van der Waals surface area contributed by atoms with Gasteiger partial charge in [-0.1, -0.05) is 0 Å². The number of hydrogen-bond acceptors (Lipinski definition) is 4. The van der Waals surface area contributed by atoms with E-state index in [-0.39, 0.29) is 5.92 Å². The molecule has 14 heavy (non-hydrogen) atoms. The maximum Gasteiger partial charge on any atom is 0.181 e. The van der Waals surface area contributed by atoms with Gasteiger partial charge < -0.3 is 14.6 Å². The molecule has 4 heteroatoms. The summed E-state index contributed by atoms with van der Waals surface area (Å²) in [5.74, 6) is 0.852. The van der Waals surface area contributed by atoms with E-state index in [0.717, 1.165) is 17.0 Å². The number of nitrogens with zero attached hydrogens (tertiary/aromatic N) is 1. The summed E-state index contributed by atoms with van der Waals surface area (Å²) < 4.78 is 10.3. The molecule has 4 nitrogen and oxygen atoms in total. The van der Waals surface area contributed by atoms with Crippen molar-refractivity contribution >= 4 is 0 Å². The van der Waals surface area contributed by atoms with Gasteiger partial charge in [0.1, 0.15) is 5.76 Å². The van der Waals surface area contributed by atoms with Crippen molar-refractivity contribution in [1.29, 1.82) is 0 Å². The Hall–Kier alpha value is -1.55. The zero-order valence-corrected chi connectivity index (χ0v) is 7.93. The van der Waals surface area contributed by atoms with Crippen LogP contribution in [0.5, 0.6) is 0 Å². The van der Waals surface area contributed by atoms with Crippen LogP contribution in [0, 0.1) is 6.92 Å². The van der Waals surface area contributed by atoms with Gasteiger partial charge in [0.15, 0.2) is 6.39 Å². The Morgan fingerprint density at radius 1 is 1.57 bits per heavy atom. The van der Waals surface area contributed by atoms with Crippen molar-refractivity contribution in [2.45, 2.75) is 12.8 Å². The highest BCUT2D eigenvalue weighted by Gasteiger charge is 2.19. The average Bonchev–Trinajstić information content (AvgIpc) is 2.80. The van der Waals surface area contributed by atoms with Gasteiger partial charge in [-0.2, -0.15) is 0 Å². The number of aromatic nitrogens is 1. The topological polar surface area (TPSA) is 65.2 Å². The predicted octanol–water partition coefficient (Wildman–Crippen LogP) is 1.67. The zero-order valence-electron chi connectivity index (χ0n) is 7.93. The molecule has 0 bridgehead atoms. The molecule has 0 saturated heterocycles. The van der Waals surface area contributed by atoms with Gasteiger partial charge in [0, 0.05) is 12.1 Å². The lowest BCUT2D eigenvalue weighted by Gasteiger charge is -2.09. The smallest absolute Gasteiger partial charge is 0.181 e. The summed E-state index contributed by atoms with van der Waals surface area (Å²) in [7, 11) is 0. The lowest BCUT2D eigenvalue weighted by Crippen LogP contribution is -2.13. The van der Waals surface area contributed by atoms with Crippen LogP contribution in [0.4, 0.5) is 0 Å². The van der Waals surface area contributed by atoms with Crippen LogP contribution < -0.4 is 5.73 Å². The van der Waals surface area contributed by atoms with Crippen LogP contribution in [0.1, 0.15) is 22.9 Å². The second-order valence-corrected chi connectivity index (χ2v) is 3.15. The lowest BCUT2D eigenvalue weighted by molar-refractivity contribution is 0.478. The van der Waals surface area contributed by atoms with Gasteiger partial charge in [0.05, 0.1) is 24.1 Å². The van der Waals surface area contributed by atoms with E-state index >= 15 is 0 Å². The molecule has 0 aliphatic rings. The molecule has 2 rings (SSSR count). The van der Waals surface area contributed by atoms with Crippen molar-refractivity contribution in [3.05, 3.63) is 42.0 Å². The lowest BCUT2D eigenvalue weighted by atomic mass is 9.98. The van der Waals surface area contributed by atoms with E-state index in [2.05, 4.69) is 4.98 Å². The first kappa shape index (κ1) is 9.02. The van der Waals surface area contributed by atoms with Gasteiger partial charge >= 0.3 is 0 Å². The highest BCUT2D eigenvalue weighted by Crippen LogP contribution is 2.25. The standard InChI is InChI=1S/C10H12N2O2/c1-7-10(14-6-12-7)9(4-11)8-2-3-13-5-8/h2-3,5-6,9H,4,11H2,1H3. The maximum absolute atomic E-state index is 5.69. The van der Waals surface area contributed by atoms with Crippen LogP contribution >= 0.6 is 0 Å². The Labute approximate surface area is 81.7 Å². The average molecular weight is 192 g/mol. The van der Waals surface area contributed by atoms with E-state index in [1.54, 1.807) is 12.5 Å². The summed E-state index contributed by atoms with van der Waals surface area (Å²) in [6, 6.07) is 1.89. The fraction of sp³-hybridized carbons (Fsp3) is 0.300. The number of hydrogen-bond donors (Lipinski definition) is 1. The van der Waals surface area contributed by atoms with Crippen molar-refractivity contribution in [2.75, 3.05) is 6.54 Å². The van der Waals surface area contributed by atoms with Gasteiger partial charge in [0.2, 0.25) is 0 Å². The Kier molecular flexibility index (Phi) is 2.37. The SMILES string of the molecule is Cc1ncoc1C(CN)c1ccoc1. The summed E-state index contributed by atoms with van der Waals surface area (Å²) in [4.78, 5) is 4.04. The number of furan rings is 1. The van der Waals surface area contributed by atoms with E-state index in [9.17, 15) is 0 Å². The molecular weight excluding hydrogens is 180 g/mol. The minimum Gasteiger partial charge on any atom is -0.472 e. The largest absolute Gasteiger partial charge is 0.472 e. The molecule has 2 aromatic heterocycles. The molecule has 0 aromatic carbocycles. The normalized spacial score (nSPS) is 13.0. The molecule has 0 amide bonds. The molecule has 0 fully saturated rings. The second-order valence-electron chi connectivity index (χ2n) is 3.15. The molecule has 2 heterocycles. The third-order valence-corrected chi connectivity index (χ3v) is 2.28. The van der Waals surface area contributed by atoms with Crippen molar-refractivity contribution in [3.8, 4) is 0 Å². The van der Waals surface area contributed by atoms with Crippen LogP contribution in [0.15, 0.2) is 33.8 Å². The maximum atomic E-state index is 5.69. The molecule has 0 aliphatic carbocycles. The summed E-state index contributed by atoms with van der Waals surface area (Å²) in [5.41, 5.74) is 7.59. The Balaban J connectivity index is 2.36. The number of aryl methyl sites for hydroxylation is 1. The van der Waals surface area contributed by atoms with Gasteiger partial charge in [-0.15, -0.1) is 0 Å². The van der Waals surface area contributed by atoms with Crippen LogP contribution in [-0.4, -0.2) is 11.5 Å². The molecule has 74 valence electrons. The summed E-state index contributed by atoms with van der Waals surface area (Å²) in [5, 5.41) is 0. The van der Waals surface area contributed by atoms with Gasteiger partial charge in [-0.25, -0.2) is 4.98 Å². The third kappa shape index (κ3) is 1.44. The molecule has 1 atom stereocenters. The van der Waals surface area contributed by atoms with E-state index in [1.807, 2.05) is 13.0 Å². The molecule has 0 radical (unpaired) electrons. The molecule has 0 spiro atoms. The minimum absolute atomic E-state index is 0.0382. The van der Waals surface area contributed by atoms with Crippen molar-refractivity contribution in [2.24, 2.45) is 5.73 Å². The Morgan fingerprint density at radius 3 is 2.93 bits per heavy atom. The number of rotatable bonds is 3. The molecule has 0 aliphatic heterocycles. The first-order valence-corrected chi connectivity index (χ1v) is 4.45. The van der Waals surface area contributed by atoms with Crippen LogP contribution in [0.2, 0.25) is 0 Å². The first-order chi connectivity index (χ1) is 6.83. The van der Waals surface area contributed by atoms with Gasteiger partial charge in [-0.3, -0.25) is 0 Å². The molecule has 2 aromatic rings. The van der Waals surface area contributed by atoms with Crippen molar-refractivity contribution in [1.82, 2.24) is 4.98 Å². The van der Waals surface area contributed by atoms with Crippen molar-refractivity contribution < 1.29 is 8.83 Å². The third-order valence-electron chi connectivity index (χ3n) is 2.28. The minimum atomic E-state index is 0.0382. The Morgan fingerprint density at radius 2 is 2.43 bits per heavy atom. The zero-order chi connectivity index (χ0) is 9.97. The van der Waals surface area contributed by atoms with Crippen LogP contribution in [0.3, 0.4) is 0 Å². The summed E-state index contributed by atoms with van der Waals surface area (Å²) in [6.07, 6.45) is 4.75. The second kappa shape index (κ2) is 3.67. The molecule has 1 unspecified atom stereocenters. The van der Waals surface area contributed by atoms with E-state index in [4.69, 9.17) is 14.6 Å². The fourth-order valence-electron chi connectivity index (χ4n) is 1.51. The number of oxazole rings is 1. The van der Waals surface area contributed by atoms with Crippen molar-refractivity contribution in [3.63, 3.8) is 0 Å².